The van der Waals surface area contributed by atoms with E-state index in [2.05, 4.69) is 6.08 Å². The van der Waals surface area contributed by atoms with E-state index in [0.29, 0.717) is 17.8 Å². The summed E-state index contributed by atoms with van der Waals surface area (Å²) in [6, 6.07) is 13.0. The molecule has 2 aromatic carbocycles. The van der Waals surface area contributed by atoms with Gasteiger partial charge in [-0.1, -0.05) is 11.6 Å². The minimum atomic E-state index is -0.437. The summed E-state index contributed by atoms with van der Waals surface area (Å²) in [4.78, 5) is 21.8. The molecular formula is C21H19NO5. The quantitative estimate of drug-likeness (QED) is 0.271. The summed E-state index contributed by atoms with van der Waals surface area (Å²) in [6.45, 7) is 4.30. The standard InChI is InChI=1S/C21H19NO5/c1-14(2)3-6-16-11-17-7-10-21(23)27-20(17)12-19(16)26-13-15-4-8-18(9-5-15)22(24)25/h3-5,7-12H,6,13H2,1-2H3. The molecule has 138 valence electrons. The summed E-state index contributed by atoms with van der Waals surface area (Å²) in [5, 5.41) is 11.6. The molecule has 0 aliphatic carbocycles. The van der Waals surface area contributed by atoms with Crippen molar-refractivity contribution >= 4 is 16.7 Å². The molecule has 1 heterocycles. The lowest BCUT2D eigenvalue weighted by Gasteiger charge is -2.12. The summed E-state index contributed by atoms with van der Waals surface area (Å²) < 4.78 is 11.2. The molecule has 0 bridgehead atoms. The fourth-order valence-electron chi connectivity index (χ4n) is 2.63. The Morgan fingerprint density at radius 2 is 1.89 bits per heavy atom. The van der Waals surface area contributed by atoms with E-state index >= 15 is 0 Å². The maximum atomic E-state index is 11.5. The van der Waals surface area contributed by atoms with Crippen LogP contribution in [0.2, 0.25) is 0 Å². The molecule has 3 aromatic rings. The molecule has 0 saturated heterocycles. The van der Waals surface area contributed by atoms with E-state index in [9.17, 15) is 14.9 Å². The lowest BCUT2D eigenvalue weighted by molar-refractivity contribution is -0.384. The minimum absolute atomic E-state index is 0.0375. The van der Waals surface area contributed by atoms with Gasteiger partial charge in [-0.15, -0.1) is 0 Å². The second kappa shape index (κ2) is 7.86. The maximum Gasteiger partial charge on any atom is 0.336 e. The van der Waals surface area contributed by atoms with Gasteiger partial charge in [0.15, 0.2) is 0 Å². The van der Waals surface area contributed by atoms with Gasteiger partial charge in [-0.25, -0.2) is 4.79 Å². The number of nitrogens with zero attached hydrogens (tertiary/aromatic N) is 1. The lowest BCUT2D eigenvalue weighted by Crippen LogP contribution is -2.01. The van der Waals surface area contributed by atoms with E-state index < -0.39 is 10.5 Å². The Balaban J connectivity index is 1.90. The molecule has 0 aliphatic rings. The molecule has 0 atom stereocenters. The summed E-state index contributed by atoms with van der Waals surface area (Å²) >= 11 is 0. The molecule has 0 N–H and O–H groups in total. The zero-order valence-electron chi connectivity index (χ0n) is 15.1. The molecule has 27 heavy (non-hydrogen) atoms. The van der Waals surface area contributed by atoms with E-state index in [0.717, 1.165) is 16.5 Å². The van der Waals surface area contributed by atoms with Gasteiger partial charge in [0.05, 0.1) is 4.92 Å². The van der Waals surface area contributed by atoms with Crippen LogP contribution < -0.4 is 10.4 Å². The van der Waals surface area contributed by atoms with Gasteiger partial charge >= 0.3 is 5.63 Å². The average molecular weight is 365 g/mol. The van der Waals surface area contributed by atoms with Crippen LogP contribution in [0.15, 0.2) is 69.4 Å². The molecule has 6 nitrogen and oxygen atoms in total. The van der Waals surface area contributed by atoms with E-state index in [1.807, 2.05) is 19.9 Å². The SMILES string of the molecule is CC(C)=CCc1cc2ccc(=O)oc2cc1OCc1ccc([N+](=O)[O-])cc1. The van der Waals surface area contributed by atoms with Crippen molar-refractivity contribution in [1.82, 2.24) is 0 Å². The van der Waals surface area contributed by atoms with Gasteiger partial charge in [0.2, 0.25) is 0 Å². The highest BCUT2D eigenvalue weighted by molar-refractivity contribution is 5.79. The number of allylic oxidation sites excluding steroid dienone is 2. The molecule has 0 saturated carbocycles. The molecule has 0 radical (unpaired) electrons. The Kier molecular flexibility index (Phi) is 5.35. The third-order valence-corrected chi connectivity index (χ3v) is 4.07. The molecular weight excluding hydrogens is 346 g/mol. The number of fused-ring (bicyclic) bond motifs is 1. The summed E-state index contributed by atoms with van der Waals surface area (Å²) in [7, 11) is 0. The van der Waals surface area contributed by atoms with Crippen LogP contribution in [0.4, 0.5) is 5.69 Å². The zero-order chi connectivity index (χ0) is 19.4. The summed E-state index contributed by atoms with van der Waals surface area (Å²) in [6.07, 6.45) is 2.78. The van der Waals surface area contributed by atoms with E-state index in [1.165, 1.54) is 23.8 Å². The van der Waals surface area contributed by atoms with Crippen LogP contribution in [0.1, 0.15) is 25.0 Å². The first-order chi connectivity index (χ1) is 12.9. The van der Waals surface area contributed by atoms with Gasteiger partial charge in [-0.05, 0) is 55.7 Å². The van der Waals surface area contributed by atoms with Crippen LogP contribution in [0, 0.1) is 10.1 Å². The van der Waals surface area contributed by atoms with Gasteiger partial charge in [0.25, 0.3) is 5.69 Å². The predicted octanol–water partition coefficient (Wildman–Crippen LogP) is 4.79. The fraction of sp³-hybridized carbons (Fsp3) is 0.190. The van der Waals surface area contributed by atoms with Gasteiger partial charge in [0, 0.05) is 29.7 Å². The second-order valence-electron chi connectivity index (χ2n) is 6.45. The van der Waals surface area contributed by atoms with Gasteiger partial charge in [-0.3, -0.25) is 10.1 Å². The Bertz CT molecular complexity index is 1060. The van der Waals surface area contributed by atoms with E-state index in [1.54, 1.807) is 24.3 Å². The van der Waals surface area contributed by atoms with Crippen LogP contribution in [0.25, 0.3) is 11.0 Å². The first-order valence-corrected chi connectivity index (χ1v) is 8.48. The number of nitro groups is 1. The van der Waals surface area contributed by atoms with E-state index in [4.69, 9.17) is 9.15 Å². The highest BCUT2D eigenvalue weighted by Crippen LogP contribution is 2.27. The highest BCUT2D eigenvalue weighted by atomic mass is 16.6. The van der Waals surface area contributed by atoms with Crippen LogP contribution >= 0.6 is 0 Å². The van der Waals surface area contributed by atoms with Crippen molar-refractivity contribution < 1.29 is 14.1 Å². The molecule has 1 aromatic heterocycles. The summed E-state index contributed by atoms with van der Waals surface area (Å²) in [5.74, 6) is 0.618. The number of ether oxygens (including phenoxy) is 1. The minimum Gasteiger partial charge on any atom is -0.488 e. The predicted molar refractivity (Wildman–Crippen MR) is 103 cm³/mol. The maximum absolute atomic E-state index is 11.5. The van der Waals surface area contributed by atoms with Crippen molar-refractivity contribution in [3.63, 3.8) is 0 Å². The van der Waals surface area contributed by atoms with Gasteiger partial charge in [0.1, 0.15) is 17.9 Å². The van der Waals surface area contributed by atoms with Gasteiger partial charge in [-0.2, -0.15) is 0 Å². The zero-order valence-corrected chi connectivity index (χ0v) is 15.1. The Hall–Kier alpha value is -3.41. The van der Waals surface area contributed by atoms with E-state index in [-0.39, 0.29) is 12.3 Å². The lowest BCUT2D eigenvalue weighted by atomic mass is 10.1. The van der Waals surface area contributed by atoms with Crippen LogP contribution in [-0.4, -0.2) is 4.92 Å². The fourth-order valence-corrected chi connectivity index (χ4v) is 2.63. The van der Waals surface area contributed by atoms with Crippen molar-refractivity contribution in [3.05, 3.63) is 91.8 Å². The molecule has 6 heteroatoms. The second-order valence-corrected chi connectivity index (χ2v) is 6.45. The third-order valence-electron chi connectivity index (χ3n) is 4.07. The summed E-state index contributed by atoms with van der Waals surface area (Å²) in [5.41, 5.74) is 3.05. The van der Waals surface area contributed by atoms with Crippen molar-refractivity contribution in [2.75, 3.05) is 0 Å². The monoisotopic (exact) mass is 365 g/mol. The topological polar surface area (TPSA) is 82.6 Å². The number of rotatable bonds is 6. The molecule has 0 unspecified atom stereocenters. The van der Waals surface area contributed by atoms with Crippen LogP contribution in [0.3, 0.4) is 0 Å². The Morgan fingerprint density at radius 1 is 1.15 bits per heavy atom. The number of benzene rings is 2. The first-order valence-electron chi connectivity index (χ1n) is 8.48. The largest absolute Gasteiger partial charge is 0.488 e. The van der Waals surface area contributed by atoms with Crippen LogP contribution in [-0.2, 0) is 13.0 Å². The van der Waals surface area contributed by atoms with Crippen molar-refractivity contribution in [2.24, 2.45) is 0 Å². The number of hydrogen-bond acceptors (Lipinski definition) is 5. The van der Waals surface area contributed by atoms with Crippen molar-refractivity contribution in [2.45, 2.75) is 26.9 Å². The third kappa shape index (κ3) is 4.61. The molecule has 0 spiro atoms. The number of hydrogen-bond donors (Lipinski definition) is 0. The van der Waals surface area contributed by atoms with Crippen LogP contribution in [0.5, 0.6) is 5.75 Å². The highest BCUT2D eigenvalue weighted by Gasteiger charge is 2.09. The van der Waals surface area contributed by atoms with Crippen molar-refractivity contribution in [1.29, 1.82) is 0 Å². The Morgan fingerprint density at radius 3 is 2.56 bits per heavy atom. The van der Waals surface area contributed by atoms with Gasteiger partial charge < -0.3 is 9.15 Å². The average Bonchev–Trinajstić information content (AvgIpc) is 2.64. The molecule has 3 rings (SSSR count). The smallest absolute Gasteiger partial charge is 0.336 e. The van der Waals surface area contributed by atoms with Crippen molar-refractivity contribution in [3.8, 4) is 5.75 Å². The normalized spacial score (nSPS) is 10.6. The molecule has 0 aliphatic heterocycles. The first kappa shape index (κ1) is 18.4. The molecule has 0 fully saturated rings. The molecule has 0 amide bonds. The number of non-ortho nitro benzene ring substituents is 1. The number of nitro benzene ring substituents is 1. The Labute approximate surface area is 155 Å².